The predicted octanol–water partition coefficient (Wildman–Crippen LogP) is 4.08. The van der Waals surface area contributed by atoms with E-state index in [4.69, 9.17) is 0 Å². The molecule has 0 spiro atoms. The van der Waals surface area contributed by atoms with Gasteiger partial charge in [0.2, 0.25) is 0 Å². The van der Waals surface area contributed by atoms with Gasteiger partial charge in [0.1, 0.15) is 0 Å². The van der Waals surface area contributed by atoms with E-state index < -0.39 is 0 Å². The molecule has 1 heterocycles. The lowest BCUT2D eigenvalue weighted by atomic mass is 10.1. The quantitative estimate of drug-likeness (QED) is 0.706. The van der Waals surface area contributed by atoms with E-state index in [1.165, 1.54) is 35.7 Å². The van der Waals surface area contributed by atoms with E-state index in [-0.39, 0.29) is 0 Å². The molecule has 1 aromatic heterocycles. The van der Waals surface area contributed by atoms with Crippen LogP contribution in [0.1, 0.15) is 38.7 Å². The number of fused-ring (bicyclic) bond motifs is 1. The summed E-state index contributed by atoms with van der Waals surface area (Å²) in [5, 5.41) is 4.88. The minimum Gasteiger partial charge on any atom is -0.361 e. The second-order valence-electron chi connectivity index (χ2n) is 5.42. The topological polar surface area (TPSA) is 27.8 Å². The average Bonchev–Trinajstić information content (AvgIpc) is 2.82. The fourth-order valence-corrected chi connectivity index (χ4v) is 2.33. The molecule has 2 aromatic rings. The van der Waals surface area contributed by atoms with Crippen LogP contribution in [0.25, 0.3) is 10.9 Å². The average molecular weight is 244 g/mol. The van der Waals surface area contributed by atoms with Crippen LogP contribution in [0.5, 0.6) is 0 Å². The first-order chi connectivity index (χ1) is 8.77. The Balaban J connectivity index is 1.75. The molecule has 18 heavy (non-hydrogen) atoms. The second kappa shape index (κ2) is 6.60. The molecule has 0 amide bonds. The number of rotatable bonds is 7. The minimum atomic E-state index is 0.832. The summed E-state index contributed by atoms with van der Waals surface area (Å²) in [4.78, 5) is 3.26. The van der Waals surface area contributed by atoms with Crippen LogP contribution in [0.15, 0.2) is 30.5 Å². The van der Waals surface area contributed by atoms with Crippen LogP contribution in [-0.4, -0.2) is 11.5 Å². The summed E-state index contributed by atoms with van der Waals surface area (Å²) >= 11 is 0. The highest BCUT2D eigenvalue weighted by Gasteiger charge is 2.00. The van der Waals surface area contributed by atoms with Crippen LogP contribution in [0.3, 0.4) is 0 Å². The number of unbranched alkanes of at least 4 members (excludes halogenated alkanes) is 1. The zero-order valence-electron chi connectivity index (χ0n) is 11.5. The summed E-state index contributed by atoms with van der Waals surface area (Å²) in [5.74, 6) is 0.832. The predicted molar refractivity (Wildman–Crippen MR) is 78.7 cm³/mol. The summed E-state index contributed by atoms with van der Waals surface area (Å²) in [6.45, 7) is 6.67. The van der Waals surface area contributed by atoms with Crippen molar-refractivity contribution in [1.29, 1.82) is 0 Å². The van der Waals surface area contributed by atoms with Crippen molar-refractivity contribution in [2.24, 2.45) is 5.92 Å². The van der Waals surface area contributed by atoms with Gasteiger partial charge in [-0.05, 0) is 36.6 Å². The Bertz CT molecular complexity index is 471. The summed E-state index contributed by atoms with van der Waals surface area (Å²) in [5.41, 5.74) is 2.62. The monoisotopic (exact) mass is 244 g/mol. The number of benzene rings is 1. The van der Waals surface area contributed by atoms with Crippen molar-refractivity contribution in [2.75, 3.05) is 6.54 Å². The molecule has 0 radical (unpaired) electrons. The molecule has 0 bridgehead atoms. The van der Waals surface area contributed by atoms with E-state index in [9.17, 15) is 0 Å². The highest BCUT2D eigenvalue weighted by atomic mass is 14.8. The van der Waals surface area contributed by atoms with E-state index in [0.717, 1.165) is 19.0 Å². The Morgan fingerprint density at radius 3 is 2.89 bits per heavy atom. The standard InChI is InChI=1S/C16H24N2/c1-13(2)6-3-4-10-17-12-14-7-5-8-16-15(14)9-11-18-16/h5,7-9,11,13,17-18H,3-4,6,10,12H2,1-2H3. The molecular formula is C16H24N2. The first-order valence-electron chi connectivity index (χ1n) is 7.03. The maximum Gasteiger partial charge on any atom is 0.0457 e. The zero-order chi connectivity index (χ0) is 12.8. The molecule has 2 heteroatoms. The van der Waals surface area contributed by atoms with E-state index in [0.29, 0.717) is 0 Å². The Kier molecular flexibility index (Phi) is 4.82. The van der Waals surface area contributed by atoms with Gasteiger partial charge >= 0.3 is 0 Å². The number of aromatic nitrogens is 1. The Labute approximate surface area is 110 Å². The first kappa shape index (κ1) is 13.2. The Morgan fingerprint density at radius 2 is 2.06 bits per heavy atom. The number of hydrogen-bond acceptors (Lipinski definition) is 1. The van der Waals surface area contributed by atoms with Crippen molar-refractivity contribution in [3.63, 3.8) is 0 Å². The van der Waals surface area contributed by atoms with Gasteiger partial charge in [0.25, 0.3) is 0 Å². The SMILES string of the molecule is CC(C)CCCCNCc1cccc2[nH]ccc12. The Hall–Kier alpha value is -1.28. The number of nitrogens with one attached hydrogen (secondary N) is 2. The third kappa shape index (κ3) is 3.61. The van der Waals surface area contributed by atoms with Crippen LogP contribution in [0, 0.1) is 5.92 Å². The number of H-pyrrole nitrogens is 1. The van der Waals surface area contributed by atoms with E-state index in [1.54, 1.807) is 0 Å². The van der Waals surface area contributed by atoms with Crippen molar-refractivity contribution in [3.8, 4) is 0 Å². The molecule has 0 saturated heterocycles. The molecule has 2 N–H and O–H groups in total. The number of aromatic amines is 1. The molecule has 98 valence electrons. The fraction of sp³-hybridized carbons (Fsp3) is 0.500. The fourth-order valence-electron chi connectivity index (χ4n) is 2.33. The molecule has 0 aliphatic rings. The highest BCUT2D eigenvalue weighted by molar-refractivity contribution is 5.82. The van der Waals surface area contributed by atoms with Gasteiger partial charge in [0.15, 0.2) is 0 Å². The van der Waals surface area contributed by atoms with Gasteiger partial charge in [0, 0.05) is 23.6 Å². The molecule has 0 fully saturated rings. The second-order valence-corrected chi connectivity index (χ2v) is 5.42. The van der Waals surface area contributed by atoms with E-state index in [1.807, 2.05) is 6.20 Å². The third-order valence-electron chi connectivity index (χ3n) is 3.39. The molecule has 2 rings (SSSR count). The minimum absolute atomic E-state index is 0.832. The van der Waals surface area contributed by atoms with Crippen LogP contribution >= 0.6 is 0 Å². The van der Waals surface area contributed by atoms with Gasteiger partial charge in [0.05, 0.1) is 0 Å². The van der Waals surface area contributed by atoms with Gasteiger partial charge in [-0.1, -0.05) is 38.8 Å². The lowest BCUT2D eigenvalue weighted by Crippen LogP contribution is -2.14. The van der Waals surface area contributed by atoms with Crippen molar-refractivity contribution in [3.05, 3.63) is 36.0 Å². The molecule has 0 unspecified atom stereocenters. The van der Waals surface area contributed by atoms with Gasteiger partial charge in [-0.3, -0.25) is 0 Å². The van der Waals surface area contributed by atoms with Crippen molar-refractivity contribution in [2.45, 2.75) is 39.7 Å². The normalized spacial score (nSPS) is 11.5. The first-order valence-corrected chi connectivity index (χ1v) is 7.03. The van der Waals surface area contributed by atoms with Crippen molar-refractivity contribution >= 4 is 10.9 Å². The van der Waals surface area contributed by atoms with Gasteiger partial charge in [-0.15, -0.1) is 0 Å². The molecule has 0 atom stereocenters. The smallest absolute Gasteiger partial charge is 0.0457 e. The Morgan fingerprint density at radius 1 is 1.17 bits per heavy atom. The highest BCUT2D eigenvalue weighted by Crippen LogP contribution is 2.17. The van der Waals surface area contributed by atoms with Crippen LogP contribution in [0.4, 0.5) is 0 Å². The van der Waals surface area contributed by atoms with Gasteiger partial charge in [-0.25, -0.2) is 0 Å². The maximum atomic E-state index is 3.54. The summed E-state index contributed by atoms with van der Waals surface area (Å²) in [7, 11) is 0. The number of hydrogen-bond donors (Lipinski definition) is 2. The van der Waals surface area contributed by atoms with Crippen molar-refractivity contribution in [1.82, 2.24) is 10.3 Å². The molecule has 0 aliphatic heterocycles. The molecule has 1 aromatic carbocycles. The molecule has 0 saturated carbocycles. The summed E-state index contributed by atoms with van der Waals surface area (Å²) < 4.78 is 0. The summed E-state index contributed by atoms with van der Waals surface area (Å²) in [6, 6.07) is 8.61. The summed E-state index contributed by atoms with van der Waals surface area (Å²) in [6.07, 6.45) is 5.96. The van der Waals surface area contributed by atoms with Crippen molar-refractivity contribution < 1.29 is 0 Å². The van der Waals surface area contributed by atoms with E-state index in [2.05, 4.69) is 48.4 Å². The van der Waals surface area contributed by atoms with Gasteiger partial charge in [-0.2, -0.15) is 0 Å². The third-order valence-corrected chi connectivity index (χ3v) is 3.39. The zero-order valence-corrected chi connectivity index (χ0v) is 11.5. The molecule has 0 aliphatic carbocycles. The lowest BCUT2D eigenvalue weighted by molar-refractivity contribution is 0.521. The lowest BCUT2D eigenvalue weighted by Gasteiger charge is -2.07. The largest absolute Gasteiger partial charge is 0.361 e. The maximum absolute atomic E-state index is 3.54. The van der Waals surface area contributed by atoms with Gasteiger partial charge < -0.3 is 10.3 Å². The van der Waals surface area contributed by atoms with E-state index >= 15 is 0 Å². The van der Waals surface area contributed by atoms with Crippen LogP contribution in [-0.2, 0) is 6.54 Å². The van der Waals surface area contributed by atoms with Crippen LogP contribution in [0.2, 0.25) is 0 Å². The van der Waals surface area contributed by atoms with Crippen LogP contribution < -0.4 is 5.32 Å². The molecular weight excluding hydrogens is 220 g/mol. The molecule has 2 nitrogen and oxygen atoms in total.